The fourth-order valence-corrected chi connectivity index (χ4v) is 4.02. The Morgan fingerprint density at radius 2 is 1.93 bits per heavy atom. The normalized spacial score (nSPS) is 12.3. The molecule has 1 amide bonds. The highest BCUT2D eigenvalue weighted by Gasteiger charge is 2.23. The predicted molar refractivity (Wildman–Crippen MR) is 119 cm³/mol. The Morgan fingerprint density at radius 3 is 2.53 bits per heavy atom. The van der Waals surface area contributed by atoms with Crippen LogP contribution in [0.5, 0.6) is 0 Å². The van der Waals surface area contributed by atoms with Gasteiger partial charge in [0.2, 0.25) is 0 Å². The third-order valence-corrected chi connectivity index (χ3v) is 5.95. The van der Waals surface area contributed by atoms with Crippen molar-refractivity contribution in [2.75, 3.05) is 5.32 Å². The molecule has 2 aromatic heterocycles. The van der Waals surface area contributed by atoms with Crippen LogP contribution in [0.25, 0.3) is 11.6 Å². The number of nitrogens with zero attached hydrogens (tertiary/aromatic N) is 1. The molecule has 30 heavy (non-hydrogen) atoms. The summed E-state index contributed by atoms with van der Waals surface area (Å²) in [4.78, 5) is 37.0. The number of thiophene rings is 2. The molecule has 10 heteroatoms. The van der Waals surface area contributed by atoms with E-state index in [-0.39, 0.29) is 16.4 Å². The molecule has 0 bridgehead atoms. The molecule has 1 N–H and O–H groups in total. The van der Waals surface area contributed by atoms with Gasteiger partial charge in [-0.05, 0) is 42.0 Å². The van der Waals surface area contributed by atoms with Crippen molar-refractivity contribution in [3.05, 3.63) is 78.1 Å². The van der Waals surface area contributed by atoms with Crippen LogP contribution in [0.4, 0.5) is 11.4 Å². The first-order chi connectivity index (χ1) is 14.3. The van der Waals surface area contributed by atoms with Crippen molar-refractivity contribution < 1.29 is 19.2 Å². The summed E-state index contributed by atoms with van der Waals surface area (Å²) in [6.07, 6.45) is 0.604. The van der Waals surface area contributed by atoms with Crippen molar-refractivity contribution in [1.82, 2.24) is 0 Å². The molecule has 0 aliphatic rings. The number of nitro groups is 1. The molecule has 0 aliphatic carbocycles. The van der Waals surface area contributed by atoms with Crippen molar-refractivity contribution >= 4 is 69.2 Å². The van der Waals surface area contributed by atoms with Crippen LogP contribution in [0.3, 0.4) is 0 Å². The number of hydrogen-bond donors (Lipinski definition) is 1. The molecule has 0 spiro atoms. The fourth-order valence-electron chi connectivity index (χ4n) is 2.41. The van der Waals surface area contributed by atoms with E-state index in [0.717, 1.165) is 15.8 Å². The largest absolute Gasteiger partial charge is 0.449 e. The second-order valence-corrected chi connectivity index (χ2v) is 8.34. The molecule has 1 unspecified atom stereocenters. The number of benzene rings is 1. The van der Waals surface area contributed by atoms with Gasteiger partial charge in [0.05, 0.1) is 21.2 Å². The standard InChI is InChI=1S/C20H15ClN2O5S2/c1-12(19(24)22-17-7-6-13(23(26)27)10-16(17)21)28-20(25)15(18-5-3-9-30-18)11-14-4-2-8-29-14/h2-12H,1H3,(H,22,24)/b15-11+. The molecule has 3 aromatic rings. The van der Waals surface area contributed by atoms with Gasteiger partial charge < -0.3 is 10.1 Å². The highest BCUT2D eigenvalue weighted by atomic mass is 35.5. The Kier molecular flexibility index (Phi) is 6.99. The van der Waals surface area contributed by atoms with Gasteiger partial charge in [-0.3, -0.25) is 14.9 Å². The summed E-state index contributed by atoms with van der Waals surface area (Å²) in [6, 6.07) is 11.0. The Morgan fingerprint density at radius 1 is 1.20 bits per heavy atom. The maximum absolute atomic E-state index is 12.8. The number of carbonyl (C=O) groups is 2. The molecule has 1 atom stereocenters. The van der Waals surface area contributed by atoms with E-state index >= 15 is 0 Å². The fraction of sp³-hybridized carbons (Fsp3) is 0.100. The highest BCUT2D eigenvalue weighted by molar-refractivity contribution is 7.12. The average Bonchev–Trinajstić information content (AvgIpc) is 3.41. The molecule has 0 saturated heterocycles. The molecule has 0 aliphatic heterocycles. The molecular weight excluding hydrogens is 448 g/mol. The third-order valence-electron chi connectivity index (χ3n) is 3.91. The van der Waals surface area contributed by atoms with Gasteiger partial charge in [0.25, 0.3) is 11.6 Å². The minimum absolute atomic E-state index is 0.00735. The lowest BCUT2D eigenvalue weighted by molar-refractivity contribution is -0.384. The van der Waals surface area contributed by atoms with Crippen molar-refractivity contribution in [1.29, 1.82) is 0 Å². The van der Waals surface area contributed by atoms with E-state index in [4.69, 9.17) is 16.3 Å². The number of hydrogen-bond acceptors (Lipinski definition) is 7. The first kappa shape index (κ1) is 21.7. The zero-order valence-corrected chi connectivity index (χ0v) is 17.9. The second-order valence-electron chi connectivity index (χ2n) is 6.01. The van der Waals surface area contributed by atoms with Gasteiger partial charge in [0, 0.05) is 21.9 Å². The summed E-state index contributed by atoms with van der Waals surface area (Å²) in [7, 11) is 0. The minimum Gasteiger partial charge on any atom is -0.449 e. The van der Waals surface area contributed by atoms with Gasteiger partial charge in [-0.15, -0.1) is 22.7 Å². The number of anilines is 1. The maximum Gasteiger partial charge on any atom is 0.340 e. The summed E-state index contributed by atoms with van der Waals surface area (Å²) < 4.78 is 5.36. The molecule has 1 aromatic carbocycles. The number of ether oxygens (including phenoxy) is 1. The van der Waals surface area contributed by atoms with E-state index < -0.39 is 22.9 Å². The zero-order valence-electron chi connectivity index (χ0n) is 15.5. The lowest BCUT2D eigenvalue weighted by Crippen LogP contribution is -2.30. The van der Waals surface area contributed by atoms with Gasteiger partial charge in [-0.25, -0.2) is 4.79 Å². The highest BCUT2D eigenvalue weighted by Crippen LogP contribution is 2.28. The molecule has 0 radical (unpaired) electrons. The SMILES string of the molecule is CC(OC(=O)/C(=C/c1cccs1)c1cccs1)C(=O)Nc1ccc([N+](=O)[O-])cc1Cl. The van der Waals surface area contributed by atoms with Crippen LogP contribution in [0.1, 0.15) is 16.7 Å². The molecule has 154 valence electrons. The number of esters is 1. The van der Waals surface area contributed by atoms with Crippen LogP contribution in [0, 0.1) is 10.1 Å². The van der Waals surface area contributed by atoms with E-state index in [1.54, 1.807) is 12.1 Å². The quantitative estimate of drug-likeness (QED) is 0.217. The molecule has 7 nitrogen and oxygen atoms in total. The number of nitrogens with one attached hydrogen (secondary N) is 1. The lowest BCUT2D eigenvalue weighted by atomic mass is 10.2. The van der Waals surface area contributed by atoms with Crippen molar-refractivity contribution in [3.63, 3.8) is 0 Å². The van der Waals surface area contributed by atoms with Crippen LogP contribution in [-0.4, -0.2) is 22.9 Å². The van der Waals surface area contributed by atoms with Crippen molar-refractivity contribution in [2.45, 2.75) is 13.0 Å². The maximum atomic E-state index is 12.8. The lowest BCUT2D eigenvalue weighted by Gasteiger charge is -2.15. The molecular formula is C20H15ClN2O5S2. The summed E-state index contributed by atoms with van der Waals surface area (Å²) in [5, 5.41) is 17.1. The summed E-state index contributed by atoms with van der Waals surface area (Å²) in [5.41, 5.74) is 0.333. The van der Waals surface area contributed by atoms with Crippen LogP contribution in [-0.2, 0) is 14.3 Å². The molecule has 3 rings (SSSR count). The van der Waals surface area contributed by atoms with Crippen LogP contribution in [0.2, 0.25) is 5.02 Å². The molecule has 0 saturated carbocycles. The monoisotopic (exact) mass is 462 g/mol. The first-order valence-corrected chi connectivity index (χ1v) is 10.7. The Hall–Kier alpha value is -3.01. The topological polar surface area (TPSA) is 98.5 Å². The number of carbonyl (C=O) groups excluding carboxylic acids is 2. The van der Waals surface area contributed by atoms with Gasteiger partial charge in [0.15, 0.2) is 6.10 Å². The van der Waals surface area contributed by atoms with Crippen molar-refractivity contribution in [2.24, 2.45) is 0 Å². The summed E-state index contributed by atoms with van der Waals surface area (Å²) in [6.45, 7) is 1.43. The average molecular weight is 463 g/mol. The van der Waals surface area contributed by atoms with Gasteiger partial charge >= 0.3 is 5.97 Å². The predicted octanol–water partition coefficient (Wildman–Crippen LogP) is 5.48. The van der Waals surface area contributed by atoms with Crippen LogP contribution < -0.4 is 5.32 Å². The van der Waals surface area contributed by atoms with Gasteiger partial charge in [-0.2, -0.15) is 0 Å². The van der Waals surface area contributed by atoms with Crippen LogP contribution in [0.15, 0.2) is 53.2 Å². The smallest absolute Gasteiger partial charge is 0.340 e. The van der Waals surface area contributed by atoms with Crippen LogP contribution >= 0.6 is 34.3 Å². The Balaban J connectivity index is 1.72. The number of amides is 1. The first-order valence-electron chi connectivity index (χ1n) is 8.60. The Labute approximate surface area is 184 Å². The number of non-ortho nitro benzene ring substituents is 1. The van der Waals surface area contributed by atoms with Gasteiger partial charge in [0.1, 0.15) is 0 Å². The van der Waals surface area contributed by atoms with E-state index in [9.17, 15) is 19.7 Å². The minimum atomic E-state index is -1.12. The van der Waals surface area contributed by atoms with E-state index in [1.165, 1.54) is 41.7 Å². The van der Waals surface area contributed by atoms with E-state index in [2.05, 4.69) is 5.32 Å². The van der Waals surface area contributed by atoms with E-state index in [1.807, 2.05) is 29.0 Å². The molecule has 2 heterocycles. The Bertz CT molecular complexity index is 1090. The number of nitro benzene ring substituents is 1. The van der Waals surface area contributed by atoms with Gasteiger partial charge in [-0.1, -0.05) is 23.7 Å². The third kappa shape index (κ3) is 5.32. The van der Waals surface area contributed by atoms with E-state index in [0.29, 0.717) is 5.57 Å². The summed E-state index contributed by atoms with van der Waals surface area (Å²) >= 11 is 8.86. The number of halogens is 1. The van der Waals surface area contributed by atoms with Crippen molar-refractivity contribution in [3.8, 4) is 0 Å². The second kappa shape index (κ2) is 9.66. The number of rotatable bonds is 7. The summed E-state index contributed by atoms with van der Waals surface area (Å²) in [5.74, 6) is -1.25. The zero-order chi connectivity index (χ0) is 21.7. The molecule has 0 fully saturated rings.